The topological polar surface area (TPSA) is 50.2 Å². The summed E-state index contributed by atoms with van der Waals surface area (Å²) in [6, 6.07) is 10.9. The molecule has 1 aliphatic carbocycles. The van der Waals surface area contributed by atoms with E-state index in [0.717, 1.165) is 38.2 Å². The van der Waals surface area contributed by atoms with Crippen molar-refractivity contribution in [1.29, 1.82) is 0 Å². The Labute approximate surface area is 142 Å². The van der Waals surface area contributed by atoms with Gasteiger partial charge in [0.1, 0.15) is 5.82 Å². The Hall–Kier alpha value is -2.14. The van der Waals surface area contributed by atoms with E-state index in [2.05, 4.69) is 39.6 Å². The molecule has 1 aliphatic heterocycles. The van der Waals surface area contributed by atoms with Gasteiger partial charge in [-0.2, -0.15) is 5.10 Å². The third-order valence-electron chi connectivity index (χ3n) is 5.19. The lowest BCUT2D eigenvalue weighted by molar-refractivity contribution is -0.117. The third kappa shape index (κ3) is 3.22. The number of benzene rings is 1. The molecule has 2 heterocycles. The van der Waals surface area contributed by atoms with Crippen LogP contribution in [0.1, 0.15) is 42.9 Å². The molecule has 1 N–H and O–H groups in total. The van der Waals surface area contributed by atoms with E-state index in [4.69, 9.17) is 0 Å². The van der Waals surface area contributed by atoms with Gasteiger partial charge in [0.15, 0.2) is 0 Å². The van der Waals surface area contributed by atoms with E-state index in [-0.39, 0.29) is 5.91 Å². The Morgan fingerprint density at radius 3 is 2.79 bits per heavy atom. The van der Waals surface area contributed by atoms with Gasteiger partial charge >= 0.3 is 0 Å². The lowest BCUT2D eigenvalue weighted by Gasteiger charge is -2.28. The summed E-state index contributed by atoms with van der Waals surface area (Å²) in [6.07, 6.45) is 7.63. The van der Waals surface area contributed by atoms with E-state index in [0.29, 0.717) is 12.6 Å². The van der Waals surface area contributed by atoms with Crippen LogP contribution in [0.15, 0.2) is 36.5 Å². The number of anilines is 1. The minimum absolute atomic E-state index is 0.0501. The fraction of sp³-hybridized carbons (Fsp3) is 0.474. The summed E-state index contributed by atoms with van der Waals surface area (Å²) in [7, 11) is 0. The summed E-state index contributed by atoms with van der Waals surface area (Å²) < 4.78 is 2.00. The Morgan fingerprint density at radius 1 is 1.17 bits per heavy atom. The molecule has 24 heavy (non-hydrogen) atoms. The van der Waals surface area contributed by atoms with Crippen molar-refractivity contribution in [3.63, 3.8) is 0 Å². The number of hydrogen-bond acceptors (Lipinski definition) is 3. The predicted molar refractivity (Wildman–Crippen MR) is 93.8 cm³/mol. The number of hydrogen-bond donors (Lipinski definition) is 1. The summed E-state index contributed by atoms with van der Waals surface area (Å²) in [5, 5.41) is 7.47. The Morgan fingerprint density at radius 2 is 1.96 bits per heavy atom. The molecule has 126 valence electrons. The number of nitrogens with one attached hydrogen (secondary N) is 1. The monoisotopic (exact) mass is 324 g/mol. The first kappa shape index (κ1) is 15.4. The molecule has 1 saturated carbocycles. The first-order chi connectivity index (χ1) is 11.8. The van der Waals surface area contributed by atoms with E-state index in [9.17, 15) is 4.79 Å². The summed E-state index contributed by atoms with van der Waals surface area (Å²) in [6.45, 7) is 2.22. The van der Waals surface area contributed by atoms with Gasteiger partial charge in [0.25, 0.3) is 0 Å². The Balaban J connectivity index is 1.37. The first-order valence-electron chi connectivity index (χ1n) is 8.92. The number of amides is 1. The molecular weight excluding hydrogens is 300 g/mol. The van der Waals surface area contributed by atoms with Gasteiger partial charge in [-0.1, -0.05) is 37.1 Å². The second-order valence-corrected chi connectivity index (χ2v) is 6.88. The van der Waals surface area contributed by atoms with Crippen LogP contribution in [0, 0.1) is 0 Å². The van der Waals surface area contributed by atoms with Crippen LogP contribution in [-0.4, -0.2) is 33.7 Å². The molecule has 0 unspecified atom stereocenters. The van der Waals surface area contributed by atoms with Crippen molar-refractivity contribution in [3.05, 3.63) is 47.7 Å². The molecule has 0 spiro atoms. The van der Waals surface area contributed by atoms with E-state index in [1.165, 1.54) is 24.0 Å². The second-order valence-electron chi connectivity index (χ2n) is 6.88. The highest BCUT2D eigenvalue weighted by molar-refractivity contribution is 5.91. The average Bonchev–Trinajstić information content (AvgIpc) is 3.25. The largest absolute Gasteiger partial charge is 0.310 e. The first-order valence-corrected chi connectivity index (χ1v) is 8.92. The molecule has 2 aromatic rings. The van der Waals surface area contributed by atoms with Gasteiger partial charge in [0, 0.05) is 19.2 Å². The molecule has 1 aromatic carbocycles. The average molecular weight is 324 g/mol. The van der Waals surface area contributed by atoms with Gasteiger partial charge in [0.05, 0.1) is 18.8 Å². The van der Waals surface area contributed by atoms with Crippen LogP contribution in [0.5, 0.6) is 0 Å². The smallest absolute Gasteiger partial charge is 0.239 e. The number of fused-ring (bicyclic) bond motifs is 1. The van der Waals surface area contributed by atoms with Gasteiger partial charge < -0.3 is 5.32 Å². The van der Waals surface area contributed by atoms with Crippen molar-refractivity contribution in [1.82, 2.24) is 14.7 Å². The molecule has 2 aliphatic rings. The van der Waals surface area contributed by atoms with Crippen molar-refractivity contribution in [3.8, 4) is 0 Å². The van der Waals surface area contributed by atoms with Crippen molar-refractivity contribution in [2.45, 2.75) is 44.7 Å². The van der Waals surface area contributed by atoms with Gasteiger partial charge in [-0.25, -0.2) is 4.68 Å². The molecule has 5 heteroatoms. The molecular formula is C19H24N4O. The molecule has 0 radical (unpaired) electrons. The molecule has 1 aromatic heterocycles. The molecule has 0 saturated heterocycles. The van der Waals surface area contributed by atoms with Crippen molar-refractivity contribution < 1.29 is 4.79 Å². The maximum absolute atomic E-state index is 12.5. The summed E-state index contributed by atoms with van der Waals surface area (Å²) in [4.78, 5) is 14.7. The van der Waals surface area contributed by atoms with Gasteiger partial charge in [-0.15, -0.1) is 0 Å². The molecule has 0 bridgehead atoms. The van der Waals surface area contributed by atoms with Crippen molar-refractivity contribution in [2.24, 2.45) is 0 Å². The van der Waals surface area contributed by atoms with Crippen LogP contribution >= 0.6 is 0 Å². The molecule has 0 atom stereocenters. The minimum atomic E-state index is 0.0501. The maximum atomic E-state index is 12.5. The lowest BCUT2D eigenvalue weighted by atomic mass is 10.00. The zero-order valence-electron chi connectivity index (χ0n) is 13.9. The third-order valence-corrected chi connectivity index (χ3v) is 5.19. The van der Waals surface area contributed by atoms with Crippen LogP contribution in [-0.2, 0) is 17.8 Å². The summed E-state index contributed by atoms with van der Waals surface area (Å²) in [5.41, 5.74) is 2.75. The highest BCUT2D eigenvalue weighted by Gasteiger charge is 2.22. The van der Waals surface area contributed by atoms with Gasteiger partial charge in [-0.3, -0.25) is 9.69 Å². The number of carbonyl (C=O) groups is 1. The number of carbonyl (C=O) groups excluding carboxylic acids is 1. The maximum Gasteiger partial charge on any atom is 0.239 e. The number of nitrogens with zero attached hydrogens (tertiary/aromatic N) is 3. The summed E-state index contributed by atoms with van der Waals surface area (Å²) in [5.74, 6) is 0.887. The highest BCUT2D eigenvalue weighted by atomic mass is 16.2. The SMILES string of the molecule is O=C(CN1CCc2ccccc2C1)Nc1ccnn1C1CCCC1. The minimum Gasteiger partial charge on any atom is -0.310 e. The van der Waals surface area contributed by atoms with Crippen molar-refractivity contribution in [2.75, 3.05) is 18.4 Å². The molecule has 5 nitrogen and oxygen atoms in total. The van der Waals surface area contributed by atoms with Gasteiger partial charge in [0.2, 0.25) is 5.91 Å². The zero-order valence-corrected chi connectivity index (χ0v) is 13.9. The fourth-order valence-electron chi connectivity index (χ4n) is 3.93. The Bertz CT molecular complexity index is 718. The van der Waals surface area contributed by atoms with E-state index in [1.54, 1.807) is 6.20 Å². The van der Waals surface area contributed by atoms with Crippen molar-refractivity contribution >= 4 is 11.7 Å². The van der Waals surface area contributed by atoms with Crippen LogP contribution in [0.4, 0.5) is 5.82 Å². The standard InChI is InChI=1S/C19H24N4O/c24-19(14-22-12-10-15-5-1-2-6-16(15)13-22)21-18-9-11-20-23(18)17-7-3-4-8-17/h1-2,5-6,9,11,17H,3-4,7-8,10,12-14H2,(H,21,24). The Kier molecular flexibility index (Phi) is 4.34. The van der Waals surface area contributed by atoms with E-state index in [1.807, 2.05) is 10.7 Å². The summed E-state index contributed by atoms with van der Waals surface area (Å²) >= 11 is 0. The van der Waals surface area contributed by atoms with Crippen LogP contribution in [0.25, 0.3) is 0 Å². The van der Waals surface area contributed by atoms with Crippen LogP contribution in [0.2, 0.25) is 0 Å². The van der Waals surface area contributed by atoms with Gasteiger partial charge in [-0.05, 0) is 30.4 Å². The quantitative estimate of drug-likeness (QED) is 0.940. The number of aromatic nitrogens is 2. The zero-order chi connectivity index (χ0) is 16.4. The normalized spacial score (nSPS) is 18.5. The molecule has 1 fully saturated rings. The molecule has 4 rings (SSSR count). The highest BCUT2D eigenvalue weighted by Crippen LogP contribution is 2.31. The van der Waals surface area contributed by atoms with E-state index >= 15 is 0 Å². The number of rotatable bonds is 4. The van der Waals surface area contributed by atoms with E-state index < -0.39 is 0 Å². The van der Waals surface area contributed by atoms with Crippen LogP contribution < -0.4 is 5.32 Å². The lowest BCUT2D eigenvalue weighted by Crippen LogP contribution is -2.37. The predicted octanol–water partition coefficient (Wildman–Crippen LogP) is 3.00. The second kappa shape index (κ2) is 6.77. The van der Waals surface area contributed by atoms with Crippen LogP contribution in [0.3, 0.4) is 0 Å². The fourth-order valence-corrected chi connectivity index (χ4v) is 3.93. The molecule has 1 amide bonds.